The first-order valence-electron chi connectivity index (χ1n) is 7.83. The van der Waals surface area contributed by atoms with Crippen LogP contribution < -0.4 is 5.73 Å². The lowest BCUT2D eigenvalue weighted by Crippen LogP contribution is -2.59. The van der Waals surface area contributed by atoms with Gasteiger partial charge in [0, 0.05) is 30.6 Å². The van der Waals surface area contributed by atoms with Crippen LogP contribution in [0.1, 0.15) is 43.7 Å². The molecular formula is C17H26N2S. The third-order valence-electron chi connectivity index (χ3n) is 5.24. The van der Waals surface area contributed by atoms with E-state index >= 15 is 0 Å². The van der Waals surface area contributed by atoms with Crippen molar-refractivity contribution in [3.05, 3.63) is 35.4 Å². The third-order valence-corrected chi connectivity index (χ3v) is 6.43. The molecule has 3 rings (SSSR count). The standard InChI is InChI=1S/C17H26N2S/c1-13-7-8-17(12-18,16-6-4-3-5-15(13)16)19-9-10-20-11-14(19)2/h3-6,13-14H,7-12,18H2,1-2H3. The Morgan fingerprint density at radius 3 is 2.90 bits per heavy atom. The third kappa shape index (κ3) is 2.20. The highest BCUT2D eigenvalue weighted by Crippen LogP contribution is 2.45. The molecule has 1 aliphatic heterocycles. The van der Waals surface area contributed by atoms with E-state index in [-0.39, 0.29) is 5.54 Å². The Morgan fingerprint density at radius 1 is 1.35 bits per heavy atom. The normalized spacial score (nSPS) is 34.8. The molecule has 1 fully saturated rings. The summed E-state index contributed by atoms with van der Waals surface area (Å²) in [6.07, 6.45) is 2.46. The van der Waals surface area contributed by atoms with Crippen molar-refractivity contribution in [2.45, 2.75) is 44.2 Å². The molecule has 0 aromatic heterocycles. The number of hydrogen-bond acceptors (Lipinski definition) is 3. The summed E-state index contributed by atoms with van der Waals surface area (Å²) >= 11 is 2.08. The lowest BCUT2D eigenvalue weighted by atomic mass is 9.71. The molecule has 0 saturated carbocycles. The first kappa shape index (κ1) is 14.4. The second-order valence-corrected chi connectivity index (χ2v) is 7.53. The number of hydrogen-bond donors (Lipinski definition) is 1. The molecule has 1 aromatic carbocycles. The smallest absolute Gasteiger partial charge is 0.0589 e. The minimum Gasteiger partial charge on any atom is -0.328 e. The van der Waals surface area contributed by atoms with E-state index in [0.717, 1.165) is 6.54 Å². The topological polar surface area (TPSA) is 29.3 Å². The number of rotatable bonds is 2. The Balaban J connectivity index is 2.06. The van der Waals surface area contributed by atoms with Crippen LogP contribution in [-0.4, -0.2) is 35.5 Å². The Labute approximate surface area is 127 Å². The molecule has 1 aromatic rings. The second-order valence-electron chi connectivity index (χ2n) is 6.38. The molecule has 1 saturated heterocycles. The van der Waals surface area contributed by atoms with Gasteiger partial charge in [0.15, 0.2) is 0 Å². The van der Waals surface area contributed by atoms with Gasteiger partial charge in [0.05, 0.1) is 5.54 Å². The SMILES string of the molecule is CC1CCC(CN)(N2CCSCC2C)c2ccccc21. The fourth-order valence-corrected chi connectivity index (χ4v) is 5.10. The van der Waals surface area contributed by atoms with Crippen molar-refractivity contribution in [2.24, 2.45) is 5.73 Å². The van der Waals surface area contributed by atoms with E-state index in [9.17, 15) is 0 Å². The van der Waals surface area contributed by atoms with Crippen LogP contribution in [0.25, 0.3) is 0 Å². The van der Waals surface area contributed by atoms with Crippen LogP contribution >= 0.6 is 11.8 Å². The average Bonchev–Trinajstić information content (AvgIpc) is 2.50. The molecule has 3 heteroatoms. The van der Waals surface area contributed by atoms with Gasteiger partial charge < -0.3 is 5.73 Å². The molecular weight excluding hydrogens is 264 g/mol. The van der Waals surface area contributed by atoms with Crippen LogP contribution in [0.2, 0.25) is 0 Å². The first-order valence-corrected chi connectivity index (χ1v) is 8.98. The van der Waals surface area contributed by atoms with Gasteiger partial charge in [0.25, 0.3) is 0 Å². The predicted molar refractivity (Wildman–Crippen MR) is 88.3 cm³/mol. The van der Waals surface area contributed by atoms with E-state index in [4.69, 9.17) is 5.73 Å². The summed E-state index contributed by atoms with van der Waals surface area (Å²) in [6.45, 7) is 6.64. The largest absolute Gasteiger partial charge is 0.328 e. The maximum absolute atomic E-state index is 6.34. The van der Waals surface area contributed by atoms with Gasteiger partial charge >= 0.3 is 0 Å². The van der Waals surface area contributed by atoms with Crippen molar-refractivity contribution in [3.63, 3.8) is 0 Å². The Hall–Kier alpha value is -0.510. The van der Waals surface area contributed by atoms with Crippen LogP contribution in [-0.2, 0) is 5.54 Å². The fraction of sp³-hybridized carbons (Fsp3) is 0.647. The molecule has 0 bridgehead atoms. The van der Waals surface area contributed by atoms with E-state index in [1.54, 1.807) is 0 Å². The summed E-state index contributed by atoms with van der Waals surface area (Å²) in [6, 6.07) is 9.63. The van der Waals surface area contributed by atoms with Crippen LogP contribution in [0.3, 0.4) is 0 Å². The molecule has 1 heterocycles. The quantitative estimate of drug-likeness (QED) is 0.907. The van der Waals surface area contributed by atoms with E-state index in [1.807, 2.05) is 0 Å². The Bertz CT molecular complexity index is 476. The lowest BCUT2D eigenvalue weighted by Gasteiger charge is -2.52. The average molecular weight is 290 g/mol. The molecule has 110 valence electrons. The molecule has 2 aliphatic rings. The molecule has 0 radical (unpaired) electrons. The van der Waals surface area contributed by atoms with Crippen LogP contribution in [0.4, 0.5) is 0 Å². The summed E-state index contributed by atoms with van der Waals surface area (Å²) in [5, 5.41) is 0. The summed E-state index contributed by atoms with van der Waals surface area (Å²) in [5.41, 5.74) is 9.44. The highest BCUT2D eigenvalue weighted by atomic mass is 32.2. The minimum atomic E-state index is 0.0729. The van der Waals surface area contributed by atoms with Crippen molar-refractivity contribution < 1.29 is 0 Å². The van der Waals surface area contributed by atoms with Crippen molar-refractivity contribution in [3.8, 4) is 0 Å². The zero-order chi connectivity index (χ0) is 14.2. The summed E-state index contributed by atoms with van der Waals surface area (Å²) in [4.78, 5) is 2.70. The number of benzene rings is 1. The highest BCUT2D eigenvalue weighted by molar-refractivity contribution is 7.99. The van der Waals surface area contributed by atoms with Gasteiger partial charge in [0.1, 0.15) is 0 Å². The number of thioether (sulfide) groups is 1. The van der Waals surface area contributed by atoms with E-state index in [2.05, 4.69) is 54.8 Å². The van der Waals surface area contributed by atoms with E-state index in [0.29, 0.717) is 12.0 Å². The van der Waals surface area contributed by atoms with Crippen LogP contribution in [0, 0.1) is 0 Å². The highest BCUT2D eigenvalue weighted by Gasteiger charge is 2.44. The number of fused-ring (bicyclic) bond motifs is 1. The lowest BCUT2D eigenvalue weighted by molar-refractivity contribution is 0.0460. The van der Waals surface area contributed by atoms with Gasteiger partial charge in [-0.15, -0.1) is 0 Å². The molecule has 2 N–H and O–H groups in total. The van der Waals surface area contributed by atoms with Gasteiger partial charge in [-0.3, -0.25) is 4.90 Å². The molecule has 3 atom stereocenters. The van der Waals surface area contributed by atoms with Gasteiger partial charge in [-0.25, -0.2) is 0 Å². The van der Waals surface area contributed by atoms with Crippen LogP contribution in [0.5, 0.6) is 0 Å². The zero-order valence-corrected chi connectivity index (χ0v) is 13.5. The summed E-state index contributed by atoms with van der Waals surface area (Å²) < 4.78 is 0. The maximum atomic E-state index is 6.34. The van der Waals surface area contributed by atoms with E-state index < -0.39 is 0 Å². The van der Waals surface area contributed by atoms with Gasteiger partial charge in [-0.05, 0) is 36.8 Å². The monoisotopic (exact) mass is 290 g/mol. The maximum Gasteiger partial charge on any atom is 0.0589 e. The Morgan fingerprint density at radius 2 is 2.15 bits per heavy atom. The molecule has 3 unspecified atom stereocenters. The summed E-state index contributed by atoms with van der Waals surface area (Å²) in [7, 11) is 0. The first-order chi connectivity index (χ1) is 9.69. The van der Waals surface area contributed by atoms with Crippen LogP contribution in [0.15, 0.2) is 24.3 Å². The van der Waals surface area contributed by atoms with Crippen molar-refractivity contribution >= 4 is 11.8 Å². The van der Waals surface area contributed by atoms with Crippen molar-refractivity contribution in [1.82, 2.24) is 4.90 Å². The van der Waals surface area contributed by atoms with Gasteiger partial charge in [-0.2, -0.15) is 11.8 Å². The molecule has 2 nitrogen and oxygen atoms in total. The van der Waals surface area contributed by atoms with Gasteiger partial charge in [0.2, 0.25) is 0 Å². The number of nitrogens with two attached hydrogens (primary N) is 1. The molecule has 0 amide bonds. The second kappa shape index (κ2) is 5.70. The van der Waals surface area contributed by atoms with Gasteiger partial charge in [-0.1, -0.05) is 31.2 Å². The molecule has 1 aliphatic carbocycles. The minimum absolute atomic E-state index is 0.0729. The zero-order valence-electron chi connectivity index (χ0n) is 12.6. The Kier molecular flexibility index (Phi) is 4.11. The summed E-state index contributed by atoms with van der Waals surface area (Å²) in [5.74, 6) is 3.14. The molecule has 20 heavy (non-hydrogen) atoms. The van der Waals surface area contributed by atoms with Crippen molar-refractivity contribution in [1.29, 1.82) is 0 Å². The van der Waals surface area contributed by atoms with E-state index in [1.165, 1.54) is 42.0 Å². The fourth-order valence-electron chi connectivity index (χ4n) is 4.09. The molecule has 0 spiro atoms. The van der Waals surface area contributed by atoms with Crippen molar-refractivity contribution in [2.75, 3.05) is 24.6 Å². The predicted octanol–water partition coefficient (Wildman–Crippen LogP) is 3.18. The number of nitrogens with zero attached hydrogens (tertiary/aromatic N) is 1.